The second-order valence-electron chi connectivity index (χ2n) is 6.48. The van der Waals surface area contributed by atoms with E-state index in [0.717, 1.165) is 24.0 Å². The average molecular weight is 395 g/mol. The third-order valence-electron chi connectivity index (χ3n) is 4.34. The van der Waals surface area contributed by atoms with Gasteiger partial charge >= 0.3 is 6.03 Å². The van der Waals surface area contributed by atoms with Crippen LogP contribution >= 0.6 is 0 Å². The summed E-state index contributed by atoms with van der Waals surface area (Å²) in [4.78, 5) is 28.8. The van der Waals surface area contributed by atoms with Crippen molar-refractivity contribution < 1.29 is 14.3 Å². The minimum absolute atomic E-state index is 0.144. The van der Waals surface area contributed by atoms with Gasteiger partial charge in [-0.15, -0.1) is 0 Å². The predicted molar refractivity (Wildman–Crippen MR) is 113 cm³/mol. The lowest BCUT2D eigenvalue weighted by atomic mass is 10.3. The fraction of sp³-hybridized carbons (Fsp3) is 0.286. The highest BCUT2D eigenvalue weighted by Crippen LogP contribution is 2.20. The maximum absolute atomic E-state index is 12.3. The van der Waals surface area contributed by atoms with Crippen LogP contribution in [-0.2, 0) is 11.3 Å². The van der Waals surface area contributed by atoms with Crippen molar-refractivity contribution in [2.45, 2.75) is 26.3 Å². The Balaban J connectivity index is 1.50. The van der Waals surface area contributed by atoms with Gasteiger partial charge in [-0.25, -0.2) is 9.78 Å². The molecule has 29 heavy (non-hydrogen) atoms. The molecule has 0 spiro atoms. The number of imidazole rings is 1. The van der Waals surface area contributed by atoms with Gasteiger partial charge in [0.1, 0.15) is 5.75 Å². The predicted octanol–water partition coefficient (Wildman–Crippen LogP) is 3.61. The molecule has 0 saturated heterocycles. The van der Waals surface area contributed by atoms with E-state index in [1.165, 1.54) is 0 Å². The molecule has 8 heteroatoms. The Bertz CT molecular complexity index is 982. The SMILES string of the molecule is CCCn1c(NC(=O)CCNC(=O)Nc2ccc(OC)cc2)nc2ccccc21. The van der Waals surface area contributed by atoms with Gasteiger partial charge in [0.2, 0.25) is 11.9 Å². The van der Waals surface area contributed by atoms with E-state index >= 15 is 0 Å². The zero-order chi connectivity index (χ0) is 20.6. The van der Waals surface area contributed by atoms with E-state index in [9.17, 15) is 9.59 Å². The van der Waals surface area contributed by atoms with Crippen LogP contribution in [0.3, 0.4) is 0 Å². The number of nitrogens with zero attached hydrogens (tertiary/aromatic N) is 2. The number of fused-ring (bicyclic) bond motifs is 1. The number of anilines is 2. The van der Waals surface area contributed by atoms with Gasteiger partial charge < -0.3 is 19.9 Å². The number of methoxy groups -OCH3 is 1. The van der Waals surface area contributed by atoms with Crippen LogP contribution in [0.4, 0.5) is 16.4 Å². The second-order valence-corrected chi connectivity index (χ2v) is 6.48. The molecule has 0 radical (unpaired) electrons. The summed E-state index contributed by atoms with van der Waals surface area (Å²) in [6, 6.07) is 14.4. The van der Waals surface area contributed by atoms with Gasteiger partial charge in [-0.3, -0.25) is 10.1 Å². The number of aryl methyl sites for hydroxylation is 1. The number of benzene rings is 2. The van der Waals surface area contributed by atoms with Crippen molar-refractivity contribution in [2.75, 3.05) is 24.3 Å². The zero-order valence-electron chi connectivity index (χ0n) is 16.6. The highest BCUT2D eigenvalue weighted by molar-refractivity contribution is 5.93. The van der Waals surface area contributed by atoms with Crippen molar-refractivity contribution in [3.8, 4) is 5.75 Å². The molecular weight excluding hydrogens is 370 g/mol. The van der Waals surface area contributed by atoms with Crippen LogP contribution < -0.4 is 20.7 Å². The molecule has 0 aliphatic carbocycles. The van der Waals surface area contributed by atoms with Gasteiger partial charge in [0, 0.05) is 25.2 Å². The Labute approximate surface area is 169 Å². The number of para-hydroxylation sites is 2. The number of urea groups is 1. The number of ether oxygens (including phenoxy) is 1. The Morgan fingerprint density at radius 2 is 1.83 bits per heavy atom. The van der Waals surface area contributed by atoms with Crippen LogP contribution in [0.1, 0.15) is 19.8 Å². The molecule has 152 valence electrons. The second kappa shape index (κ2) is 9.59. The first-order valence-electron chi connectivity index (χ1n) is 9.54. The zero-order valence-corrected chi connectivity index (χ0v) is 16.6. The molecule has 0 unspecified atom stereocenters. The first-order chi connectivity index (χ1) is 14.1. The van der Waals surface area contributed by atoms with E-state index in [0.29, 0.717) is 17.4 Å². The summed E-state index contributed by atoms with van der Waals surface area (Å²) in [6.07, 6.45) is 1.07. The molecule has 0 saturated carbocycles. The van der Waals surface area contributed by atoms with E-state index in [1.807, 2.05) is 28.8 Å². The highest BCUT2D eigenvalue weighted by Gasteiger charge is 2.12. The Kier molecular flexibility index (Phi) is 6.67. The van der Waals surface area contributed by atoms with E-state index in [-0.39, 0.29) is 24.9 Å². The number of rotatable bonds is 8. The van der Waals surface area contributed by atoms with Crippen LogP contribution in [0, 0.1) is 0 Å². The molecule has 0 atom stereocenters. The van der Waals surface area contributed by atoms with Crippen molar-refractivity contribution in [2.24, 2.45) is 0 Å². The summed E-state index contributed by atoms with van der Waals surface area (Å²) in [6.45, 7) is 3.05. The number of aromatic nitrogens is 2. The number of hydrogen-bond donors (Lipinski definition) is 3. The van der Waals surface area contributed by atoms with E-state index in [1.54, 1.807) is 31.4 Å². The van der Waals surface area contributed by atoms with Gasteiger partial charge in [0.15, 0.2) is 0 Å². The third-order valence-corrected chi connectivity index (χ3v) is 4.34. The lowest BCUT2D eigenvalue weighted by Crippen LogP contribution is -2.31. The molecule has 1 heterocycles. The van der Waals surface area contributed by atoms with E-state index in [2.05, 4.69) is 27.9 Å². The molecule has 0 aliphatic heterocycles. The topological polar surface area (TPSA) is 97.3 Å². The van der Waals surface area contributed by atoms with E-state index < -0.39 is 0 Å². The minimum atomic E-state index is -0.374. The molecule has 0 aliphatic rings. The minimum Gasteiger partial charge on any atom is -0.497 e. The van der Waals surface area contributed by atoms with Crippen LogP contribution in [0.2, 0.25) is 0 Å². The maximum atomic E-state index is 12.3. The van der Waals surface area contributed by atoms with Crippen LogP contribution in [0.15, 0.2) is 48.5 Å². The largest absolute Gasteiger partial charge is 0.497 e. The van der Waals surface area contributed by atoms with Crippen LogP contribution in [0.5, 0.6) is 5.75 Å². The Morgan fingerprint density at radius 3 is 2.55 bits per heavy atom. The summed E-state index contributed by atoms with van der Waals surface area (Å²) >= 11 is 0. The lowest BCUT2D eigenvalue weighted by molar-refractivity contribution is -0.116. The molecule has 0 bridgehead atoms. The van der Waals surface area contributed by atoms with Gasteiger partial charge in [0.05, 0.1) is 18.1 Å². The molecule has 3 N–H and O–H groups in total. The number of carbonyl (C=O) groups is 2. The number of amides is 3. The van der Waals surface area contributed by atoms with Crippen molar-refractivity contribution in [1.29, 1.82) is 0 Å². The average Bonchev–Trinajstić information content (AvgIpc) is 3.06. The van der Waals surface area contributed by atoms with Gasteiger partial charge in [-0.05, 0) is 42.8 Å². The van der Waals surface area contributed by atoms with Crippen LogP contribution in [0.25, 0.3) is 11.0 Å². The highest BCUT2D eigenvalue weighted by atomic mass is 16.5. The van der Waals surface area contributed by atoms with Crippen molar-refractivity contribution in [3.05, 3.63) is 48.5 Å². The van der Waals surface area contributed by atoms with Crippen molar-refractivity contribution in [1.82, 2.24) is 14.9 Å². The maximum Gasteiger partial charge on any atom is 0.319 e. The first kappa shape index (κ1) is 20.2. The number of carbonyl (C=O) groups excluding carboxylic acids is 2. The molecule has 3 amide bonds. The summed E-state index contributed by atoms with van der Waals surface area (Å²) in [5.74, 6) is 1.03. The van der Waals surface area contributed by atoms with Crippen molar-refractivity contribution in [3.63, 3.8) is 0 Å². The lowest BCUT2D eigenvalue weighted by Gasteiger charge is -2.10. The third kappa shape index (κ3) is 5.25. The number of hydrogen-bond acceptors (Lipinski definition) is 4. The monoisotopic (exact) mass is 395 g/mol. The standard InChI is InChI=1S/C21H25N5O3/c1-3-14-26-18-7-5-4-6-17(18)24-20(26)25-19(27)12-13-22-21(28)23-15-8-10-16(29-2)11-9-15/h4-11H,3,12-14H2,1-2H3,(H2,22,23,28)(H,24,25,27). The Hall–Kier alpha value is -3.55. The normalized spacial score (nSPS) is 10.6. The molecule has 1 aromatic heterocycles. The quantitative estimate of drug-likeness (QED) is 0.543. The number of nitrogens with one attached hydrogen (secondary N) is 3. The van der Waals surface area contributed by atoms with Crippen LogP contribution in [-0.4, -0.2) is 35.1 Å². The molecule has 2 aromatic carbocycles. The summed E-state index contributed by atoms with van der Waals surface area (Å²) in [5.41, 5.74) is 2.47. The molecule has 3 rings (SSSR count). The summed E-state index contributed by atoms with van der Waals surface area (Å²) < 4.78 is 7.07. The first-order valence-corrected chi connectivity index (χ1v) is 9.54. The Morgan fingerprint density at radius 1 is 1.07 bits per heavy atom. The summed E-state index contributed by atoms with van der Waals surface area (Å²) in [7, 11) is 1.58. The van der Waals surface area contributed by atoms with E-state index in [4.69, 9.17) is 4.74 Å². The van der Waals surface area contributed by atoms with Gasteiger partial charge in [0.25, 0.3) is 0 Å². The molecule has 3 aromatic rings. The van der Waals surface area contributed by atoms with Crippen molar-refractivity contribution >= 4 is 34.6 Å². The van der Waals surface area contributed by atoms with Gasteiger partial charge in [-0.1, -0.05) is 19.1 Å². The molecule has 0 fully saturated rings. The molecule has 8 nitrogen and oxygen atoms in total. The molecular formula is C21H25N5O3. The fourth-order valence-corrected chi connectivity index (χ4v) is 2.95. The fourth-order valence-electron chi connectivity index (χ4n) is 2.95. The summed E-state index contributed by atoms with van der Waals surface area (Å²) in [5, 5.41) is 8.23. The smallest absolute Gasteiger partial charge is 0.319 e. The van der Waals surface area contributed by atoms with Gasteiger partial charge in [-0.2, -0.15) is 0 Å².